The molecule has 0 bridgehead atoms. The summed E-state index contributed by atoms with van der Waals surface area (Å²) in [5.74, 6) is -1.73. The van der Waals surface area contributed by atoms with E-state index in [1.54, 1.807) is 18.2 Å². The van der Waals surface area contributed by atoms with Gasteiger partial charge in [-0.25, -0.2) is 4.99 Å². The fourth-order valence-electron chi connectivity index (χ4n) is 2.84. The second-order valence-electron chi connectivity index (χ2n) is 6.91. The lowest BCUT2D eigenvalue weighted by molar-refractivity contribution is -0.140. The summed E-state index contributed by atoms with van der Waals surface area (Å²) in [4.78, 5) is 59.0. The maximum atomic E-state index is 11.9. The molecular weight excluding hydrogens is 453 g/mol. The average molecular weight is 479 g/mol. The van der Waals surface area contributed by atoms with Crippen molar-refractivity contribution >= 4 is 42.3 Å². The zero-order valence-electron chi connectivity index (χ0n) is 18.3. The number of esters is 1. The molecule has 0 spiro atoms. The van der Waals surface area contributed by atoms with E-state index in [0.29, 0.717) is 24.5 Å². The third-order valence-corrected chi connectivity index (χ3v) is 5.00. The van der Waals surface area contributed by atoms with E-state index >= 15 is 0 Å². The van der Waals surface area contributed by atoms with Crippen molar-refractivity contribution in [2.75, 3.05) is 44.5 Å². The Hall–Kier alpha value is -3.11. The van der Waals surface area contributed by atoms with E-state index in [4.69, 9.17) is 19.3 Å². The second-order valence-corrected chi connectivity index (χ2v) is 8.56. The number of carbonyl (C=O) groups is 3. The first-order valence-electron chi connectivity index (χ1n) is 9.98. The summed E-state index contributed by atoms with van der Waals surface area (Å²) in [6.45, 7) is 2.69. The number of hydrogen-bond acceptors (Lipinski definition) is 8. The number of likely N-dealkylation sites (N-methyl/N-ethyl adjacent to an activating group) is 1. The number of amides is 1. The van der Waals surface area contributed by atoms with Gasteiger partial charge in [0.1, 0.15) is 19.4 Å². The molecule has 178 valence electrons. The fraction of sp³-hybridized carbons (Fsp3) is 0.333. The Morgan fingerprint density at radius 2 is 1.88 bits per heavy atom. The summed E-state index contributed by atoms with van der Waals surface area (Å²) in [6, 6.07) is 7.18. The Morgan fingerprint density at radius 3 is 2.48 bits per heavy atom. The molecule has 1 amide bonds. The summed E-state index contributed by atoms with van der Waals surface area (Å²) < 4.78 is 20.4. The molecule has 12 heteroatoms. The molecule has 0 aliphatic heterocycles. The van der Waals surface area contributed by atoms with E-state index in [2.05, 4.69) is 10.3 Å². The van der Waals surface area contributed by atoms with Crippen molar-refractivity contribution in [3.63, 3.8) is 0 Å². The summed E-state index contributed by atoms with van der Waals surface area (Å²) in [6.07, 6.45) is 3.41. The zero-order chi connectivity index (χ0) is 24.4. The normalized spacial score (nSPS) is 14.7. The van der Waals surface area contributed by atoms with Gasteiger partial charge in [0.2, 0.25) is 11.7 Å². The molecule has 0 heterocycles. The van der Waals surface area contributed by atoms with Crippen molar-refractivity contribution in [2.24, 2.45) is 4.99 Å². The first-order chi connectivity index (χ1) is 15.6. The molecular formula is C21H26N3O8P. The van der Waals surface area contributed by atoms with Gasteiger partial charge >= 0.3 is 13.6 Å². The van der Waals surface area contributed by atoms with Crippen molar-refractivity contribution in [1.29, 1.82) is 0 Å². The Bertz CT molecular complexity index is 1010. The lowest BCUT2D eigenvalue weighted by atomic mass is 10.1. The Balaban J connectivity index is 2.00. The molecule has 33 heavy (non-hydrogen) atoms. The highest BCUT2D eigenvalue weighted by molar-refractivity contribution is 7.52. The first kappa shape index (κ1) is 26.1. The minimum atomic E-state index is -4.44. The quantitative estimate of drug-likeness (QED) is 0.240. The molecule has 0 fully saturated rings. The minimum Gasteiger partial charge on any atom is -0.463 e. The fourth-order valence-corrected chi connectivity index (χ4v) is 3.27. The van der Waals surface area contributed by atoms with Crippen molar-refractivity contribution in [3.8, 4) is 0 Å². The second kappa shape index (κ2) is 12.2. The Morgan fingerprint density at radius 1 is 1.18 bits per heavy atom. The summed E-state index contributed by atoms with van der Waals surface area (Å²) in [7, 11) is -3.06. The van der Waals surface area contributed by atoms with Crippen LogP contribution in [-0.4, -0.2) is 72.7 Å². The Labute approximate surface area is 190 Å². The van der Waals surface area contributed by atoms with Crippen LogP contribution in [0.1, 0.15) is 6.92 Å². The standard InChI is InChI=1S/C21H26N3O8P/c1-3-24(10-11-32-21(27)14-33(28,29)30)17-7-4-15(5-8-17)22-16-6-9-19(25)18(12-16)23-20(26)13-31-2/h4-9,12H,3,10-11,13-14H2,1-2H3,(H,23,26)(H2,28,29,30). The van der Waals surface area contributed by atoms with Crippen molar-refractivity contribution in [1.82, 2.24) is 5.32 Å². The molecule has 1 aliphatic rings. The Kier molecular flexibility index (Phi) is 9.68. The number of carbonyl (C=O) groups excluding carboxylic acids is 3. The number of aliphatic imine (C=N–C) groups is 1. The third-order valence-electron chi connectivity index (χ3n) is 4.33. The third kappa shape index (κ3) is 9.11. The van der Waals surface area contributed by atoms with Gasteiger partial charge < -0.3 is 29.5 Å². The van der Waals surface area contributed by atoms with Gasteiger partial charge in [0.25, 0.3) is 0 Å². The van der Waals surface area contributed by atoms with Crippen LogP contribution in [0.4, 0.5) is 11.4 Å². The van der Waals surface area contributed by atoms with Crippen molar-refractivity contribution in [3.05, 3.63) is 48.2 Å². The van der Waals surface area contributed by atoms with Gasteiger partial charge in [0.15, 0.2) is 0 Å². The average Bonchev–Trinajstić information content (AvgIpc) is 2.73. The van der Waals surface area contributed by atoms with Crippen molar-refractivity contribution in [2.45, 2.75) is 6.92 Å². The molecule has 1 aromatic rings. The van der Waals surface area contributed by atoms with Crippen LogP contribution < -0.4 is 10.2 Å². The molecule has 1 aliphatic carbocycles. The van der Waals surface area contributed by atoms with Gasteiger partial charge in [-0.1, -0.05) is 0 Å². The smallest absolute Gasteiger partial charge is 0.336 e. The van der Waals surface area contributed by atoms with Gasteiger partial charge in [0.05, 0.1) is 23.6 Å². The number of anilines is 1. The van der Waals surface area contributed by atoms with Gasteiger partial charge in [-0.05, 0) is 49.4 Å². The van der Waals surface area contributed by atoms with Gasteiger partial charge in [-0.3, -0.25) is 18.9 Å². The van der Waals surface area contributed by atoms with Crippen LogP contribution in [0.3, 0.4) is 0 Å². The van der Waals surface area contributed by atoms with E-state index in [1.807, 2.05) is 24.0 Å². The molecule has 0 saturated carbocycles. The number of hydrogen-bond donors (Lipinski definition) is 3. The molecule has 0 radical (unpaired) electrons. The number of rotatable bonds is 11. The predicted octanol–water partition coefficient (Wildman–Crippen LogP) is 1.09. The monoisotopic (exact) mass is 479 g/mol. The van der Waals surface area contributed by atoms with Crippen molar-refractivity contribution < 1.29 is 38.2 Å². The number of benzene rings is 1. The van der Waals surface area contributed by atoms with E-state index in [-0.39, 0.29) is 24.7 Å². The molecule has 0 aromatic heterocycles. The highest BCUT2D eigenvalue weighted by Gasteiger charge is 2.20. The zero-order valence-corrected chi connectivity index (χ0v) is 19.2. The lowest BCUT2D eigenvalue weighted by Crippen LogP contribution is -2.31. The maximum absolute atomic E-state index is 11.9. The molecule has 0 atom stereocenters. The van der Waals surface area contributed by atoms with E-state index < -0.39 is 25.6 Å². The molecule has 1 aromatic carbocycles. The largest absolute Gasteiger partial charge is 0.463 e. The lowest BCUT2D eigenvalue weighted by Gasteiger charge is -2.23. The van der Waals surface area contributed by atoms with Crippen LogP contribution in [0.25, 0.3) is 0 Å². The van der Waals surface area contributed by atoms with Crippen LogP contribution in [0.5, 0.6) is 0 Å². The van der Waals surface area contributed by atoms with Gasteiger partial charge in [-0.15, -0.1) is 0 Å². The molecule has 0 saturated heterocycles. The number of methoxy groups -OCH3 is 1. The van der Waals surface area contributed by atoms with E-state index in [9.17, 15) is 18.9 Å². The number of allylic oxidation sites excluding steroid dienone is 3. The molecule has 3 N–H and O–H groups in total. The maximum Gasteiger partial charge on any atom is 0.336 e. The number of nitrogens with one attached hydrogen (secondary N) is 1. The van der Waals surface area contributed by atoms with E-state index in [1.165, 1.54) is 19.3 Å². The predicted molar refractivity (Wildman–Crippen MR) is 122 cm³/mol. The van der Waals surface area contributed by atoms with Crippen LogP contribution in [-0.2, 0) is 28.4 Å². The van der Waals surface area contributed by atoms with E-state index in [0.717, 1.165) is 5.69 Å². The van der Waals surface area contributed by atoms with Crippen LogP contribution in [0.15, 0.2) is 53.2 Å². The molecule has 11 nitrogen and oxygen atoms in total. The topological polar surface area (TPSA) is 155 Å². The number of ketones is 1. The van der Waals surface area contributed by atoms with Crippen LogP contribution in [0.2, 0.25) is 0 Å². The first-order valence-corrected chi connectivity index (χ1v) is 11.8. The van der Waals surface area contributed by atoms with Crippen LogP contribution in [0, 0.1) is 0 Å². The van der Waals surface area contributed by atoms with Gasteiger partial charge in [0, 0.05) is 19.3 Å². The number of ether oxygens (including phenoxy) is 2. The molecule has 0 unspecified atom stereocenters. The summed E-state index contributed by atoms with van der Waals surface area (Å²) in [5, 5.41) is 2.49. The summed E-state index contributed by atoms with van der Waals surface area (Å²) >= 11 is 0. The highest BCUT2D eigenvalue weighted by atomic mass is 31.2. The van der Waals surface area contributed by atoms with Gasteiger partial charge in [-0.2, -0.15) is 0 Å². The highest BCUT2D eigenvalue weighted by Crippen LogP contribution is 2.33. The summed E-state index contributed by atoms with van der Waals surface area (Å²) in [5.41, 5.74) is 2.06. The SMILES string of the molecule is CCN(CCOC(=O)CP(=O)(O)O)c1ccc(N=C2C=CC(=O)C(NC(=O)COC)=C2)cc1. The molecule has 2 rings (SSSR count). The number of nitrogens with zero attached hydrogens (tertiary/aromatic N) is 2. The van der Waals surface area contributed by atoms with Crippen LogP contribution >= 0.6 is 7.60 Å². The minimum absolute atomic E-state index is 0.0160.